The second-order valence-electron chi connectivity index (χ2n) is 6.68. The number of hydrogen-bond acceptors (Lipinski definition) is 5. The summed E-state index contributed by atoms with van der Waals surface area (Å²) in [7, 11) is 0. The molecule has 0 saturated carbocycles. The molecule has 0 bridgehead atoms. The summed E-state index contributed by atoms with van der Waals surface area (Å²) in [5.74, 6) is 0.0138. The number of furan rings is 1. The fraction of sp³-hybridized carbons (Fsp3) is 0.350. The average Bonchev–Trinajstić information content (AvgIpc) is 3.37. The molecule has 1 N–H and O–H groups in total. The van der Waals surface area contributed by atoms with Gasteiger partial charge in [-0.2, -0.15) is 0 Å². The van der Waals surface area contributed by atoms with Gasteiger partial charge in [-0.15, -0.1) is 11.3 Å². The maximum absolute atomic E-state index is 12.5. The van der Waals surface area contributed by atoms with Crippen LogP contribution in [0.3, 0.4) is 0 Å². The van der Waals surface area contributed by atoms with Crippen LogP contribution in [-0.2, 0) is 11.2 Å². The van der Waals surface area contributed by atoms with Gasteiger partial charge in [0.1, 0.15) is 0 Å². The van der Waals surface area contributed by atoms with Crippen LogP contribution in [0.15, 0.2) is 47.1 Å². The second kappa shape index (κ2) is 7.92. The van der Waals surface area contributed by atoms with Crippen LogP contribution in [0.1, 0.15) is 28.4 Å². The van der Waals surface area contributed by atoms with Crippen molar-refractivity contribution < 1.29 is 14.0 Å². The summed E-state index contributed by atoms with van der Waals surface area (Å²) in [6.45, 7) is 1.66. The summed E-state index contributed by atoms with van der Waals surface area (Å²) in [4.78, 5) is 31.2. The minimum atomic E-state index is -0.173. The Hall–Kier alpha value is -2.67. The zero-order chi connectivity index (χ0) is 18.6. The van der Waals surface area contributed by atoms with E-state index in [1.54, 1.807) is 28.4 Å². The summed E-state index contributed by atoms with van der Waals surface area (Å²) in [6, 6.07) is 11.4. The van der Waals surface area contributed by atoms with Crippen LogP contribution in [0, 0.1) is 5.92 Å². The van der Waals surface area contributed by atoms with Crippen LogP contribution in [0.5, 0.6) is 0 Å². The smallest absolute Gasteiger partial charge is 0.289 e. The number of amides is 2. The normalized spacial score (nSPS) is 17.2. The maximum atomic E-state index is 12.5. The highest BCUT2D eigenvalue weighted by atomic mass is 32.1. The topological polar surface area (TPSA) is 75.4 Å². The van der Waals surface area contributed by atoms with E-state index < -0.39 is 0 Å². The zero-order valence-corrected chi connectivity index (χ0v) is 15.7. The third-order valence-electron chi connectivity index (χ3n) is 4.79. The van der Waals surface area contributed by atoms with Gasteiger partial charge in [0.15, 0.2) is 5.76 Å². The molecular weight excluding hydrogens is 362 g/mol. The monoisotopic (exact) mass is 383 g/mol. The first-order valence-corrected chi connectivity index (χ1v) is 9.97. The Morgan fingerprint density at radius 1 is 1.26 bits per heavy atom. The first kappa shape index (κ1) is 17.7. The number of fused-ring (bicyclic) bond motifs is 1. The van der Waals surface area contributed by atoms with Crippen LogP contribution in [0.2, 0.25) is 0 Å². The minimum absolute atomic E-state index is 0.00746. The Balaban J connectivity index is 1.29. The molecular formula is C20H21N3O3S. The molecule has 7 heteroatoms. The largest absolute Gasteiger partial charge is 0.459 e. The number of hydrogen-bond donors (Lipinski definition) is 1. The number of piperidine rings is 1. The highest BCUT2D eigenvalue weighted by molar-refractivity contribution is 7.18. The van der Waals surface area contributed by atoms with Crippen molar-refractivity contribution in [1.29, 1.82) is 0 Å². The van der Waals surface area contributed by atoms with E-state index in [9.17, 15) is 9.59 Å². The Labute approximate surface area is 161 Å². The Morgan fingerprint density at radius 2 is 2.15 bits per heavy atom. The number of carbonyl (C=O) groups is 2. The molecule has 2 aromatic heterocycles. The number of aromatic nitrogens is 1. The summed E-state index contributed by atoms with van der Waals surface area (Å²) in [5, 5.41) is 4.03. The fourth-order valence-electron chi connectivity index (χ4n) is 3.40. The van der Waals surface area contributed by atoms with Gasteiger partial charge in [-0.05, 0) is 37.1 Å². The van der Waals surface area contributed by atoms with Crippen molar-refractivity contribution >= 4 is 33.4 Å². The van der Waals surface area contributed by atoms with Crippen LogP contribution in [-0.4, -0.2) is 41.3 Å². The molecule has 3 heterocycles. The SMILES string of the molecule is O=C(NCCc1nc2ccccc2s1)C1CCCN(C(=O)c2ccco2)C1. The lowest BCUT2D eigenvalue weighted by Crippen LogP contribution is -2.45. The van der Waals surface area contributed by atoms with Crippen molar-refractivity contribution in [3.05, 3.63) is 53.4 Å². The van der Waals surface area contributed by atoms with Gasteiger partial charge in [0.25, 0.3) is 5.91 Å². The molecule has 1 atom stereocenters. The van der Waals surface area contributed by atoms with Gasteiger partial charge in [-0.3, -0.25) is 9.59 Å². The molecule has 4 rings (SSSR count). The second-order valence-corrected chi connectivity index (χ2v) is 7.80. The van der Waals surface area contributed by atoms with E-state index >= 15 is 0 Å². The highest BCUT2D eigenvalue weighted by Crippen LogP contribution is 2.22. The van der Waals surface area contributed by atoms with E-state index in [4.69, 9.17) is 4.42 Å². The van der Waals surface area contributed by atoms with Crippen LogP contribution in [0.25, 0.3) is 10.2 Å². The highest BCUT2D eigenvalue weighted by Gasteiger charge is 2.29. The van der Waals surface area contributed by atoms with Crippen molar-refractivity contribution in [2.24, 2.45) is 5.92 Å². The lowest BCUT2D eigenvalue weighted by Gasteiger charge is -2.31. The molecule has 27 heavy (non-hydrogen) atoms. The van der Waals surface area contributed by atoms with E-state index in [0.717, 1.165) is 28.1 Å². The molecule has 1 aromatic carbocycles. The maximum Gasteiger partial charge on any atom is 0.289 e. The number of nitrogens with zero attached hydrogens (tertiary/aromatic N) is 2. The van der Waals surface area contributed by atoms with Crippen molar-refractivity contribution in [2.75, 3.05) is 19.6 Å². The van der Waals surface area contributed by atoms with Gasteiger partial charge in [-0.1, -0.05) is 12.1 Å². The molecule has 0 spiro atoms. The van der Waals surface area contributed by atoms with E-state index in [0.29, 0.717) is 31.8 Å². The number of rotatable bonds is 5. The first-order chi connectivity index (χ1) is 13.2. The van der Waals surface area contributed by atoms with E-state index in [2.05, 4.69) is 16.4 Å². The molecule has 0 radical (unpaired) electrons. The molecule has 3 aromatic rings. The summed E-state index contributed by atoms with van der Waals surface area (Å²) >= 11 is 1.66. The average molecular weight is 383 g/mol. The number of benzene rings is 1. The number of thiazole rings is 1. The number of para-hydroxylation sites is 1. The van der Waals surface area contributed by atoms with Crippen molar-refractivity contribution in [3.8, 4) is 0 Å². The zero-order valence-electron chi connectivity index (χ0n) is 14.9. The predicted octanol–water partition coefficient (Wildman–Crippen LogP) is 3.10. The molecule has 1 unspecified atom stereocenters. The summed E-state index contributed by atoms with van der Waals surface area (Å²) in [5.41, 5.74) is 1.00. The number of carbonyl (C=O) groups excluding carboxylic acids is 2. The number of likely N-dealkylation sites (tertiary alicyclic amines) is 1. The van der Waals surface area contributed by atoms with E-state index in [1.807, 2.05) is 18.2 Å². The third-order valence-corrected chi connectivity index (χ3v) is 5.88. The van der Waals surface area contributed by atoms with E-state index in [-0.39, 0.29) is 17.7 Å². The van der Waals surface area contributed by atoms with Crippen LogP contribution >= 0.6 is 11.3 Å². The molecule has 1 saturated heterocycles. The molecule has 6 nitrogen and oxygen atoms in total. The van der Waals surface area contributed by atoms with Gasteiger partial charge in [0.2, 0.25) is 5.91 Å². The molecule has 2 amide bonds. The van der Waals surface area contributed by atoms with Gasteiger partial charge < -0.3 is 14.6 Å². The van der Waals surface area contributed by atoms with Gasteiger partial charge in [0, 0.05) is 26.1 Å². The molecule has 1 aliphatic rings. The third kappa shape index (κ3) is 4.03. The molecule has 1 aliphatic heterocycles. The standard InChI is InChI=1S/C20H21N3O3S/c24-19(21-10-9-18-22-15-6-1-2-8-17(15)27-18)14-5-3-11-23(13-14)20(25)16-7-4-12-26-16/h1-2,4,6-8,12,14H,3,5,9-11,13H2,(H,21,24). The van der Waals surface area contributed by atoms with Crippen molar-refractivity contribution in [1.82, 2.24) is 15.2 Å². The first-order valence-electron chi connectivity index (χ1n) is 9.15. The van der Waals surface area contributed by atoms with Gasteiger partial charge >= 0.3 is 0 Å². The predicted molar refractivity (Wildman–Crippen MR) is 104 cm³/mol. The summed E-state index contributed by atoms with van der Waals surface area (Å²) < 4.78 is 6.35. The molecule has 0 aliphatic carbocycles. The van der Waals surface area contributed by atoms with Crippen molar-refractivity contribution in [3.63, 3.8) is 0 Å². The van der Waals surface area contributed by atoms with Crippen LogP contribution in [0.4, 0.5) is 0 Å². The molecule has 140 valence electrons. The van der Waals surface area contributed by atoms with E-state index in [1.165, 1.54) is 6.26 Å². The van der Waals surface area contributed by atoms with Gasteiger partial charge in [-0.25, -0.2) is 4.98 Å². The lowest BCUT2D eigenvalue weighted by molar-refractivity contribution is -0.126. The molecule has 1 fully saturated rings. The van der Waals surface area contributed by atoms with Crippen LogP contribution < -0.4 is 5.32 Å². The fourth-order valence-corrected chi connectivity index (χ4v) is 4.36. The van der Waals surface area contributed by atoms with Gasteiger partial charge in [0.05, 0.1) is 27.4 Å². The lowest BCUT2D eigenvalue weighted by atomic mass is 9.97. The number of nitrogens with one attached hydrogen (secondary N) is 1. The quantitative estimate of drug-likeness (QED) is 0.735. The summed E-state index contributed by atoms with van der Waals surface area (Å²) in [6.07, 6.45) is 3.83. The Kier molecular flexibility index (Phi) is 5.20. The van der Waals surface area contributed by atoms with Crippen molar-refractivity contribution in [2.45, 2.75) is 19.3 Å². The minimum Gasteiger partial charge on any atom is -0.459 e. The Morgan fingerprint density at radius 3 is 2.96 bits per heavy atom. The Bertz CT molecular complexity index is 902.